The van der Waals surface area contributed by atoms with Crippen LogP contribution < -0.4 is 0 Å². The van der Waals surface area contributed by atoms with Crippen molar-refractivity contribution in [2.75, 3.05) is 13.7 Å². The first kappa shape index (κ1) is 16.8. The molecule has 1 saturated carbocycles. The molecule has 1 unspecified atom stereocenters. The quantitative estimate of drug-likeness (QED) is 0.741. The van der Waals surface area contributed by atoms with E-state index in [0.29, 0.717) is 12.8 Å². The van der Waals surface area contributed by atoms with Gasteiger partial charge < -0.3 is 4.74 Å². The molecule has 0 aromatic rings. The molecule has 1 atom stereocenters. The van der Waals surface area contributed by atoms with E-state index in [1.807, 2.05) is 0 Å². The molecule has 6 nitrogen and oxygen atoms in total. The molecule has 1 aliphatic rings. The maximum atomic E-state index is 14.5. The third kappa shape index (κ3) is 3.26. The highest BCUT2D eigenvalue weighted by Crippen LogP contribution is 2.37. The van der Waals surface area contributed by atoms with Gasteiger partial charge in [-0.2, -0.15) is 8.42 Å². The molecule has 0 bridgehead atoms. The lowest BCUT2D eigenvalue weighted by molar-refractivity contribution is 0.165. The summed E-state index contributed by atoms with van der Waals surface area (Å²) in [5.74, 6) is 0. The number of hydrogen-bond donors (Lipinski definition) is 1. The Kier molecular flexibility index (Phi) is 5.33. The van der Waals surface area contributed by atoms with Gasteiger partial charge in [-0.15, -0.1) is 0 Å². The van der Waals surface area contributed by atoms with E-state index in [1.54, 1.807) is 0 Å². The van der Waals surface area contributed by atoms with E-state index < -0.39 is 42.6 Å². The lowest BCUT2D eigenvalue weighted by Crippen LogP contribution is -2.48. The fraction of sp³-hybridized carbons (Fsp3) is 1.00. The predicted octanol–water partition coefficient (Wildman–Crippen LogP) is 1.28. The summed E-state index contributed by atoms with van der Waals surface area (Å²) in [7, 11) is -8.82. The Balaban J connectivity index is 3.16. The third-order valence-corrected chi connectivity index (χ3v) is 8.11. The monoisotopic (exact) mass is 318 g/mol. The zero-order chi connectivity index (χ0) is 14.7. The van der Waals surface area contributed by atoms with Gasteiger partial charge in [0.25, 0.3) is 0 Å². The summed E-state index contributed by atoms with van der Waals surface area (Å²) in [5.41, 5.74) is 0. The van der Waals surface area contributed by atoms with Crippen LogP contribution in [-0.2, 0) is 24.7 Å². The minimum atomic E-state index is -5.38. The SMILES string of the molecule is COCCC(F)(S(=O)(=O)O)S(=O)(=O)C1CCCCC1. The largest absolute Gasteiger partial charge is 0.384 e. The summed E-state index contributed by atoms with van der Waals surface area (Å²) in [6, 6.07) is 0. The Morgan fingerprint density at radius 2 is 1.74 bits per heavy atom. The van der Waals surface area contributed by atoms with Crippen molar-refractivity contribution in [1.29, 1.82) is 0 Å². The minimum absolute atomic E-state index is 0.219. The van der Waals surface area contributed by atoms with Crippen molar-refractivity contribution in [1.82, 2.24) is 0 Å². The summed E-state index contributed by atoms with van der Waals surface area (Å²) in [6.45, 7) is -0.414. The Labute approximate surface area is 113 Å². The summed E-state index contributed by atoms with van der Waals surface area (Å²) in [4.78, 5) is 0. The Bertz CT molecular complexity index is 494. The second-order valence-electron chi connectivity index (χ2n) is 4.68. The van der Waals surface area contributed by atoms with Crippen molar-refractivity contribution in [3.8, 4) is 0 Å². The van der Waals surface area contributed by atoms with E-state index in [2.05, 4.69) is 4.74 Å². The van der Waals surface area contributed by atoms with Crippen molar-refractivity contribution in [3.05, 3.63) is 0 Å². The van der Waals surface area contributed by atoms with Gasteiger partial charge in [0.15, 0.2) is 0 Å². The summed E-state index contributed by atoms with van der Waals surface area (Å²) < 4.78 is 71.2. The second-order valence-corrected chi connectivity index (χ2v) is 8.94. The van der Waals surface area contributed by atoms with Gasteiger partial charge in [-0.1, -0.05) is 19.3 Å². The predicted molar refractivity (Wildman–Crippen MR) is 67.7 cm³/mol. The first-order valence-corrected chi connectivity index (χ1v) is 9.04. The van der Waals surface area contributed by atoms with Crippen molar-refractivity contribution in [2.45, 2.75) is 48.1 Å². The van der Waals surface area contributed by atoms with Crippen LogP contribution in [0.2, 0.25) is 0 Å². The summed E-state index contributed by atoms with van der Waals surface area (Å²) in [6.07, 6.45) is 1.56. The van der Waals surface area contributed by atoms with Crippen LogP contribution in [0.15, 0.2) is 0 Å². The summed E-state index contributed by atoms with van der Waals surface area (Å²) in [5, 5.41) is -1.06. The summed E-state index contributed by atoms with van der Waals surface area (Å²) >= 11 is 0. The first-order valence-electron chi connectivity index (χ1n) is 6.05. The van der Waals surface area contributed by atoms with E-state index in [9.17, 15) is 21.2 Å². The normalized spacial score (nSPS) is 22.1. The van der Waals surface area contributed by atoms with E-state index in [1.165, 1.54) is 7.11 Å². The maximum Gasteiger partial charge on any atom is 0.335 e. The fourth-order valence-electron chi connectivity index (χ4n) is 2.27. The second kappa shape index (κ2) is 6.02. The van der Waals surface area contributed by atoms with Gasteiger partial charge in [-0.25, -0.2) is 12.8 Å². The van der Waals surface area contributed by atoms with Gasteiger partial charge >= 0.3 is 14.5 Å². The average molecular weight is 318 g/mol. The lowest BCUT2D eigenvalue weighted by Gasteiger charge is -2.29. The molecule has 0 saturated heterocycles. The number of ether oxygens (including phenoxy) is 1. The fourth-order valence-corrected chi connectivity index (χ4v) is 6.01. The molecule has 1 aliphatic carbocycles. The standard InChI is InChI=1S/C10H19FO6S2/c1-17-8-7-10(11,19(14,15)16)18(12,13)9-5-3-2-4-6-9/h9H,2-8H2,1H3,(H,14,15,16). The highest BCUT2D eigenvalue weighted by molar-refractivity contribution is 8.08. The first-order chi connectivity index (χ1) is 8.67. The smallest absolute Gasteiger partial charge is 0.335 e. The Morgan fingerprint density at radius 3 is 2.16 bits per heavy atom. The molecule has 0 radical (unpaired) electrons. The number of halogens is 1. The zero-order valence-corrected chi connectivity index (χ0v) is 12.3. The highest BCUT2D eigenvalue weighted by Gasteiger charge is 2.58. The van der Waals surface area contributed by atoms with Crippen LogP contribution in [0, 0.1) is 0 Å². The molecular weight excluding hydrogens is 299 g/mol. The van der Waals surface area contributed by atoms with Crippen LogP contribution >= 0.6 is 0 Å². The molecule has 9 heteroatoms. The molecule has 114 valence electrons. The molecule has 1 N–H and O–H groups in total. The number of hydrogen-bond acceptors (Lipinski definition) is 5. The van der Waals surface area contributed by atoms with Gasteiger partial charge in [0.1, 0.15) is 0 Å². The van der Waals surface area contributed by atoms with Crippen molar-refractivity contribution >= 4 is 20.0 Å². The van der Waals surface area contributed by atoms with E-state index >= 15 is 0 Å². The van der Waals surface area contributed by atoms with Crippen LogP contribution in [0.25, 0.3) is 0 Å². The molecule has 0 aromatic carbocycles. The van der Waals surface area contributed by atoms with Gasteiger partial charge in [-0.3, -0.25) is 4.55 Å². The van der Waals surface area contributed by atoms with E-state index in [-0.39, 0.29) is 12.8 Å². The van der Waals surface area contributed by atoms with E-state index in [4.69, 9.17) is 4.55 Å². The van der Waals surface area contributed by atoms with Crippen LogP contribution in [-0.4, -0.2) is 44.7 Å². The molecule has 19 heavy (non-hydrogen) atoms. The molecule has 0 amide bonds. The number of alkyl halides is 1. The van der Waals surface area contributed by atoms with Crippen LogP contribution in [0.3, 0.4) is 0 Å². The van der Waals surface area contributed by atoms with Crippen molar-refractivity contribution in [2.24, 2.45) is 0 Å². The molecule has 0 aliphatic heterocycles. The lowest BCUT2D eigenvalue weighted by atomic mass is 10.0. The van der Waals surface area contributed by atoms with Gasteiger partial charge in [-0.05, 0) is 12.8 Å². The molecule has 0 spiro atoms. The number of rotatable bonds is 6. The van der Waals surface area contributed by atoms with Gasteiger partial charge in [0.05, 0.1) is 11.9 Å². The number of methoxy groups -OCH3 is 1. The van der Waals surface area contributed by atoms with Crippen LogP contribution in [0.1, 0.15) is 38.5 Å². The average Bonchev–Trinajstić information content (AvgIpc) is 2.35. The van der Waals surface area contributed by atoms with Crippen molar-refractivity contribution < 1.29 is 30.5 Å². The van der Waals surface area contributed by atoms with Crippen LogP contribution in [0.4, 0.5) is 4.39 Å². The maximum absolute atomic E-state index is 14.5. The van der Waals surface area contributed by atoms with Crippen LogP contribution in [0.5, 0.6) is 0 Å². The van der Waals surface area contributed by atoms with Crippen molar-refractivity contribution in [3.63, 3.8) is 0 Å². The minimum Gasteiger partial charge on any atom is -0.384 e. The van der Waals surface area contributed by atoms with E-state index in [0.717, 1.165) is 6.42 Å². The van der Waals surface area contributed by atoms with Gasteiger partial charge in [0, 0.05) is 13.5 Å². The molecule has 0 heterocycles. The molecule has 1 rings (SSSR count). The Morgan fingerprint density at radius 1 is 1.21 bits per heavy atom. The zero-order valence-electron chi connectivity index (χ0n) is 10.7. The topological polar surface area (TPSA) is 97.7 Å². The Hall–Kier alpha value is -0.250. The molecular formula is C10H19FO6S2. The molecule has 1 fully saturated rings. The van der Waals surface area contributed by atoms with Gasteiger partial charge in [0.2, 0.25) is 9.84 Å². The third-order valence-electron chi connectivity index (χ3n) is 3.41. The molecule has 0 aromatic heterocycles. The highest BCUT2D eigenvalue weighted by atomic mass is 32.3. The number of sulfone groups is 1.